The third-order valence-corrected chi connectivity index (χ3v) is 4.08. The Bertz CT molecular complexity index is 216. The van der Waals surface area contributed by atoms with E-state index in [9.17, 15) is 5.11 Å². The molecule has 4 nitrogen and oxygen atoms in total. The molecular formula is C12H23NO3. The molecule has 2 atom stereocenters. The van der Waals surface area contributed by atoms with Crippen molar-refractivity contribution in [3.05, 3.63) is 0 Å². The van der Waals surface area contributed by atoms with E-state index in [4.69, 9.17) is 9.47 Å². The fourth-order valence-electron chi connectivity index (χ4n) is 2.99. The summed E-state index contributed by atoms with van der Waals surface area (Å²) in [6, 6.07) is 0.612. The zero-order valence-electron chi connectivity index (χ0n) is 10.1. The van der Waals surface area contributed by atoms with Crippen molar-refractivity contribution >= 4 is 0 Å². The first-order valence-electron chi connectivity index (χ1n) is 6.30. The van der Waals surface area contributed by atoms with Gasteiger partial charge in [0.05, 0.1) is 12.2 Å². The number of methoxy groups -OCH3 is 1. The summed E-state index contributed by atoms with van der Waals surface area (Å²) < 4.78 is 11.2. The van der Waals surface area contributed by atoms with Crippen molar-refractivity contribution < 1.29 is 14.6 Å². The Morgan fingerprint density at radius 1 is 1.38 bits per heavy atom. The smallest absolute Gasteiger partial charge is 0.0874 e. The number of hydrogen-bond acceptors (Lipinski definition) is 4. The van der Waals surface area contributed by atoms with Gasteiger partial charge in [0.25, 0.3) is 0 Å². The average molecular weight is 229 g/mol. The summed E-state index contributed by atoms with van der Waals surface area (Å²) >= 11 is 0. The van der Waals surface area contributed by atoms with E-state index in [2.05, 4.69) is 5.32 Å². The Kier molecular flexibility index (Phi) is 4.19. The summed E-state index contributed by atoms with van der Waals surface area (Å²) in [6.07, 6.45) is 5.31. The van der Waals surface area contributed by atoms with E-state index < -0.39 is 0 Å². The Morgan fingerprint density at radius 2 is 2.12 bits per heavy atom. The number of piperidine rings is 1. The van der Waals surface area contributed by atoms with E-state index in [1.165, 1.54) is 6.42 Å². The fraction of sp³-hybridized carbons (Fsp3) is 1.00. The lowest BCUT2D eigenvalue weighted by molar-refractivity contribution is -0.117. The van der Waals surface area contributed by atoms with E-state index in [1.54, 1.807) is 7.11 Å². The van der Waals surface area contributed by atoms with Crippen molar-refractivity contribution in [2.24, 2.45) is 0 Å². The summed E-state index contributed by atoms with van der Waals surface area (Å²) in [5, 5.41) is 12.8. The molecule has 0 spiro atoms. The highest BCUT2D eigenvalue weighted by molar-refractivity contribution is 4.98. The maximum Gasteiger partial charge on any atom is 0.0874 e. The summed E-state index contributed by atoms with van der Waals surface area (Å²) in [5.74, 6) is 0. The zero-order chi connectivity index (χ0) is 11.4. The third-order valence-electron chi connectivity index (χ3n) is 4.08. The van der Waals surface area contributed by atoms with E-state index in [-0.39, 0.29) is 18.2 Å². The Morgan fingerprint density at radius 3 is 2.75 bits per heavy atom. The second kappa shape index (κ2) is 5.45. The van der Waals surface area contributed by atoms with Crippen LogP contribution in [0.2, 0.25) is 0 Å². The van der Waals surface area contributed by atoms with Crippen LogP contribution in [-0.2, 0) is 9.47 Å². The van der Waals surface area contributed by atoms with Gasteiger partial charge in [0.2, 0.25) is 0 Å². The molecule has 0 aromatic carbocycles. The fourth-order valence-corrected chi connectivity index (χ4v) is 2.99. The molecule has 4 heteroatoms. The standard InChI is InChI=1S/C12H23NO3/c1-15-12(5-7-16-8-6-12)11-4-2-3-10(9-14)13-11/h10-11,13-14H,2-9H2,1H3. The molecule has 0 amide bonds. The molecule has 2 fully saturated rings. The van der Waals surface area contributed by atoms with Crippen LogP contribution < -0.4 is 5.32 Å². The Labute approximate surface area is 97.3 Å². The lowest BCUT2D eigenvalue weighted by Crippen LogP contribution is -2.59. The first-order valence-corrected chi connectivity index (χ1v) is 6.30. The van der Waals surface area contributed by atoms with Gasteiger partial charge in [-0.15, -0.1) is 0 Å². The molecular weight excluding hydrogens is 206 g/mol. The topological polar surface area (TPSA) is 50.7 Å². The highest BCUT2D eigenvalue weighted by atomic mass is 16.5. The summed E-state index contributed by atoms with van der Waals surface area (Å²) in [4.78, 5) is 0. The predicted octanol–water partition coefficient (Wildman–Crippen LogP) is 0.685. The Balaban J connectivity index is 2.01. The van der Waals surface area contributed by atoms with E-state index in [1.807, 2.05) is 0 Å². The van der Waals surface area contributed by atoms with E-state index in [0.29, 0.717) is 6.04 Å². The van der Waals surface area contributed by atoms with Crippen LogP contribution in [0.25, 0.3) is 0 Å². The number of ether oxygens (including phenoxy) is 2. The third kappa shape index (κ3) is 2.40. The van der Waals surface area contributed by atoms with Crippen molar-refractivity contribution in [3.63, 3.8) is 0 Å². The largest absolute Gasteiger partial charge is 0.395 e. The van der Waals surface area contributed by atoms with Crippen LogP contribution in [0.4, 0.5) is 0 Å². The average Bonchev–Trinajstić information content (AvgIpc) is 2.39. The molecule has 0 saturated carbocycles. The van der Waals surface area contributed by atoms with Crippen LogP contribution in [0.15, 0.2) is 0 Å². The van der Waals surface area contributed by atoms with Crippen LogP contribution in [-0.4, -0.2) is 49.7 Å². The molecule has 0 aliphatic carbocycles. The highest BCUT2D eigenvalue weighted by Crippen LogP contribution is 2.33. The summed E-state index contributed by atoms with van der Waals surface area (Å²) in [5.41, 5.74) is -0.0773. The monoisotopic (exact) mass is 229 g/mol. The molecule has 2 aliphatic heterocycles. The van der Waals surface area contributed by atoms with Crippen molar-refractivity contribution in [3.8, 4) is 0 Å². The zero-order valence-corrected chi connectivity index (χ0v) is 10.1. The van der Waals surface area contributed by atoms with Gasteiger partial charge in [-0.05, 0) is 12.8 Å². The van der Waals surface area contributed by atoms with E-state index in [0.717, 1.165) is 38.9 Å². The maximum absolute atomic E-state index is 9.24. The van der Waals surface area contributed by atoms with E-state index >= 15 is 0 Å². The minimum absolute atomic E-state index is 0.0773. The lowest BCUT2D eigenvalue weighted by Gasteiger charge is -2.46. The molecule has 2 aliphatic rings. The molecule has 16 heavy (non-hydrogen) atoms. The first-order chi connectivity index (χ1) is 7.80. The van der Waals surface area contributed by atoms with Crippen LogP contribution in [0.1, 0.15) is 32.1 Å². The van der Waals surface area contributed by atoms with Crippen LogP contribution in [0.3, 0.4) is 0 Å². The van der Waals surface area contributed by atoms with Crippen molar-refractivity contribution in [2.75, 3.05) is 26.9 Å². The second-order valence-electron chi connectivity index (χ2n) is 4.91. The number of nitrogens with one attached hydrogen (secondary N) is 1. The SMILES string of the molecule is COC1(C2CCCC(CO)N2)CCOCC1. The van der Waals surface area contributed by atoms with Gasteiger partial charge in [-0.2, -0.15) is 0 Å². The quantitative estimate of drug-likeness (QED) is 0.747. The number of hydrogen-bond donors (Lipinski definition) is 2. The minimum Gasteiger partial charge on any atom is -0.395 e. The van der Waals surface area contributed by atoms with Gasteiger partial charge < -0.3 is 19.9 Å². The maximum atomic E-state index is 9.24. The highest BCUT2D eigenvalue weighted by Gasteiger charge is 2.42. The molecule has 2 rings (SSSR count). The van der Waals surface area contributed by atoms with Gasteiger partial charge in [-0.3, -0.25) is 0 Å². The molecule has 94 valence electrons. The van der Waals surface area contributed by atoms with Crippen LogP contribution in [0, 0.1) is 0 Å². The first kappa shape index (κ1) is 12.3. The van der Waals surface area contributed by atoms with Gasteiger partial charge in [0, 0.05) is 45.2 Å². The van der Waals surface area contributed by atoms with Gasteiger partial charge in [-0.25, -0.2) is 0 Å². The summed E-state index contributed by atoms with van der Waals surface area (Å²) in [6.45, 7) is 1.80. The predicted molar refractivity (Wildman–Crippen MR) is 61.4 cm³/mol. The summed E-state index contributed by atoms with van der Waals surface area (Å²) in [7, 11) is 1.80. The van der Waals surface area contributed by atoms with Crippen LogP contribution >= 0.6 is 0 Å². The molecule has 0 bridgehead atoms. The minimum atomic E-state index is -0.0773. The van der Waals surface area contributed by atoms with Gasteiger partial charge in [0.1, 0.15) is 0 Å². The second-order valence-corrected chi connectivity index (χ2v) is 4.91. The molecule has 2 N–H and O–H groups in total. The molecule has 0 aromatic rings. The normalized spacial score (nSPS) is 34.9. The van der Waals surface area contributed by atoms with Gasteiger partial charge in [0.15, 0.2) is 0 Å². The molecule has 2 heterocycles. The van der Waals surface area contributed by atoms with Crippen molar-refractivity contribution in [1.82, 2.24) is 5.32 Å². The van der Waals surface area contributed by atoms with Gasteiger partial charge >= 0.3 is 0 Å². The van der Waals surface area contributed by atoms with Crippen molar-refractivity contribution in [1.29, 1.82) is 0 Å². The Hall–Kier alpha value is -0.160. The number of aliphatic hydroxyl groups is 1. The number of rotatable bonds is 3. The number of aliphatic hydroxyl groups excluding tert-OH is 1. The van der Waals surface area contributed by atoms with Gasteiger partial charge in [-0.1, -0.05) is 6.42 Å². The van der Waals surface area contributed by atoms with Crippen LogP contribution in [0.5, 0.6) is 0 Å². The molecule has 2 saturated heterocycles. The molecule has 0 radical (unpaired) electrons. The lowest BCUT2D eigenvalue weighted by atomic mass is 9.80. The molecule has 0 aromatic heterocycles. The molecule has 2 unspecified atom stereocenters. The van der Waals surface area contributed by atoms with Crippen molar-refractivity contribution in [2.45, 2.75) is 49.8 Å².